The van der Waals surface area contributed by atoms with Gasteiger partial charge in [0.2, 0.25) is 0 Å². The van der Waals surface area contributed by atoms with Gasteiger partial charge in [0.05, 0.1) is 22.4 Å². The van der Waals surface area contributed by atoms with Crippen molar-refractivity contribution in [2.24, 2.45) is 0 Å². The normalized spacial score (nSPS) is 11.3. The van der Waals surface area contributed by atoms with Gasteiger partial charge in [-0.05, 0) is 58.1 Å². The van der Waals surface area contributed by atoms with E-state index in [-0.39, 0.29) is 0 Å². The van der Waals surface area contributed by atoms with Crippen LogP contribution in [-0.4, -0.2) is 9.55 Å². The molecule has 3 heteroatoms. The van der Waals surface area contributed by atoms with Gasteiger partial charge in [-0.15, -0.1) is 0 Å². The molecular weight excluding hydrogens is 510 g/mol. The highest BCUT2D eigenvalue weighted by Crippen LogP contribution is 2.45. The number of fused-ring (bicyclic) bond motifs is 3. The van der Waals surface area contributed by atoms with Crippen molar-refractivity contribution < 1.29 is 0 Å². The smallest absolute Gasteiger partial charge is 0.0985 e. The van der Waals surface area contributed by atoms with Crippen molar-refractivity contribution in [3.05, 3.63) is 164 Å². The molecule has 198 valence electrons. The van der Waals surface area contributed by atoms with Crippen LogP contribution in [0, 0.1) is 0 Å². The summed E-state index contributed by atoms with van der Waals surface area (Å²) in [6.45, 7) is 0. The van der Waals surface area contributed by atoms with E-state index in [9.17, 15) is 0 Å². The molecule has 0 saturated heterocycles. The van der Waals surface area contributed by atoms with Gasteiger partial charge in [0, 0.05) is 34.7 Å². The van der Waals surface area contributed by atoms with Crippen LogP contribution in [0.2, 0.25) is 0 Å². The summed E-state index contributed by atoms with van der Waals surface area (Å²) in [7, 11) is 0. The molecule has 0 amide bonds. The Hall–Kier alpha value is -5.67. The fraction of sp³-hybridized carbons (Fsp3) is 0. The summed E-state index contributed by atoms with van der Waals surface area (Å²) >= 11 is 0. The van der Waals surface area contributed by atoms with Gasteiger partial charge in [0.15, 0.2) is 0 Å². The number of rotatable bonds is 5. The minimum absolute atomic E-state index is 0.967. The fourth-order valence-corrected chi connectivity index (χ4v) is 6.15. The monoisotopic (exact) mass is 537 g/mol. The standard InChI is InChI=1S/C39H27N3/c1-3-17-30(18-4-1)41-27-35(34-23-11-15-28-13-7-9-21-32(28)34)38-39(41)37(25-26-40-38)42(31-19-5-2-6-20-31)36-24-12-16-29-14-8-10-22-33(29)36/h1-27H. The molecule has 6 aromatic carbocycles. The maximum Gasteiger partial charge on any atom is 0.0985 e. The molecule has 0 bridgehead atoms. The van der Waals surface area contributed by atoms with E-state index in [1.54, 1.807) is 0 Å². The molecule has 8 aromatic rings. The number of anilines is 3. The zero-order valence-electron chi connectivity index (χ0n) is 22.9. The van der Waals surface area contributed by atoms with Crippen molar-refractivity contribution >= 4 is 49.6 Å². The van der Waals surface area contributed by atoms with Gasteiger partial charge in [-0.3, -0.25) is 4.98 Å². The van der Waals surface area contributed by atoms with Gasteiger partial charge in [-0.1, -0.05) is 115 Å². The van der Waals surface area contributed by atoms with Crippen molar-refractivity contribution in [2.45, 2.75) is 0 Å². The molecule has 2 aromatic heterocycles. The average molecular weight is 538 g/mol. The van der Waals surface area contributed by atoms with E-state index in [1.165, 1.54) is 27.1 Å². The lowest BCUT2D eigenvalue weighted by molar-refractivity contribution is 1.12. The minimum Gasteiger partial charge on any atom is -0.313 e. The molecule has 0 saturated carbocycles. The highest BCUT2D eigenvalue weighted by atomic mass is 15.2. The van der Waals surface area contributed by atoms with E-state index in [1.807, 2.05) is 6.20 Å². The highest BCUT2D eigenvalue weighted by Gasteiger charge is 2.23. The summed E-state index contributed by atoms with van der Waals surface area (Å²) in [6, 6.07) is 53.6. The Kier molecular flexibility index (Phi) is 5.79. The Morgan fingerprint density at radius 1 is 0.476 bits per heavy atom. The summed E-state index contributed by atoms with van der Waals surface area (Å²) in [5.41, 5.74) is 8.69. The average Bonchev–Trinajstić information content (AvgIpc) is 3.46. The van der Waals surface area contributed by atoms with E-state index in [4.69, 9.17) is 4.98 Å². The molecule has 0 unspecified atom stereocenters. The van der Waals surface area contributed by atoms with Crippen molar-refractivity contribution in [2.75, 3.05) is 4.90 Å². The largest absolute Gasteiger partial charge is 0.313 e. The summed E-state index contributed by atoms with van der Waals surface area (Å²) in [5.74, 6) is 0. The van der Waals surface area contributed by atoms with Crippen LogP contribution in [0.3, 0.4) is 0 Å². The maximum atomic E-state index is 5.06. The molecular formula is C39H27N3. The molecule has 8 rings (SSSR count). The first-order valence-corrected chi connectivity index (χ1v) is 14.2. The second-order valence-corrected chi connectivity index (χ2v) is 10.5. The van der Waals surface area contributed by atoms with Gasteiger partial charge in [0.1, 0.15) is 0 Å². The Morgan fingerprint density at radius 2 is 1.10 bits per heavy atom. The van der Waals surface area contributed by atoms with E-state index in [0.717, 1.165) is 39.3 Å². The topological polar surface area (TPSA) is 21.1 Å². The number of para-hydroxylation sites is 2. The van der Waals surface area contributed by atoms with Crippen molar-refractivity contribution in [3.63, 3.8) is 0 Å². The minimum atomic E-state index is 0.967. The number of hydrogen-bond donors (Lipinski definition) is 0. The quantitative estimate of drug-likeness (QED) is 0.218. The zero-order valence-corrected chi connectivity index (χ0v) is 22.9. The first kappa shape index (κ1) is 24.2. The second kappa shape index (κ2) is 10.1. The predicted molar refractivity (Wildman–Crippen MR) is 176 cm³/mol. The SMILES string of the molecule is c1ccc(N(c2cccc3ccccc23)c2ccnc3c(-c4cccc5ccccc45)cn(-c4ccccc4)c23)cc1. The van der Waals surface area contributed by atoms with Gasteiger partial charge < -0.3 is 9.47 Å². The summed E-state index contributed by atoms with van der Waals surface area (Å²) in [4.78, 5) is 7.43. The molecule has 42 heavy (non-hydrogen) atoms. The Balaban J connectivity index is 1.49. The summed E-state index contributed by atoms with van der Waals surface area (Å²) in [5, 5.41) is 4.83. The Morgan fingerprint density at radius 3 is 1.88 bits per heavy atom. The number of hydrogen-bond acceptors (Lipinski definition) is 2. The fourth-order valence-electron chi connectivity index (χ4n) is 6.15. The third-order valence-corrected chi connectivity index (χ3v) is 8.03. The van der Waals surface area contributed by atoms with Crippen molar-refractivity contribution in [1.82, 2.24) is 9.55 Å². The van der Waals surface area contributed by atoms with Crippen LogP contribution >= 0.6 is 0 Å². The van der Waals surface area contributed by atoms with Crippen LogP contribution < -0.4 is 4.90 Å². The van der Waals surface area contributed by atoms with Gasteiger partial charge in [0.25, 0.3) is 0 Å². The third-order valence-electron chi connectivity index (χ3n) is 8.03. The third kappa shape index (κ3) is 3.94. The lowest BCUT2D eigenvalue weighted by atomic mass is 9.99. The van der Waals surface area contributed by atoms with Crippen molar-refractivity contribution in [3.8, 4) is 16.8 Å². The van der Waals surface area contributed by atoms with Gasteiger partial charge in [-0.25, -0.2) is 0 Å². The molecule has 0 atom stereocenters. The molecule has 0 fully saturated rings. The maximum absolute atomic E-state index is 5.06. The molecule has 0 aliphatic carbocycles. The van der Waals surface area contributed by atoms with E-state index in [0.29, 0.717) is 0 Å². The molecule has 0 spiro atoms. The Labute approximate surface area is 244 Å². The van der Waals surface area contributed by atoms with Crippen LogP contribution in [-0.2, 0) is 0 Å². The molecule has 0 aliphatic heterocycles. The molecule has 0 N–H and O–H groups in total. The first-order valence-electron chi connectivity index (χ1n) is 14.2. The van der Waals surface area contributed by atoms with Crippen LogP contribution in [0.25, 0.3) is 49.4 Å². The van der Waals surface area contributed by atoms with Crippen LogP contribution in [0.4, 0.5) is 17.1 Å². The number of nitrogens with zero attached hydrogens (tertiary/aromatic N) is 3. The number of pyridine rings is 1. The van der Waals surface area contributed by atoms with Gasteiger partial charge >= 0.3 is 0 Å². The Bertz CT molecular complexity index is 2190. The summed E-state index contributed by atoms with van der Waals surface area (Å²) in [6.07, 6.45) is 4.20. The van der Waals surface area contributed by atoms with E-state index in [2.05, 4.69) is 167 Å². The summed E-state index contributed by atoms with van der Waals surface area (Å²) < 4.78 is 2.30. The van der Waals surface area contributed by atoms with E-state index < -0.39 is 0 Å². The lowest BCUT2D eigenvalue weighted by Gasteiger charge is -2.28. The highest BCUT2D eigenvalue weighted by molar-refractivity contribution is 6.09. The molecule has 0 radical (unpaired) electrons. The van der Waals surface area contributed by atoms with Crippen LogP contribution in [0.15, 0.2) is 164 Å². The number of aromatic nitrogens is 2. The predicted octanol–water partition coefficient (Wildman–Crippen LogP) is 10.5. The first-order chi connectivity index (χ1) is 20.9. The molecule has 2 heterocycles. The lowest BCUT2D eigenvalue weighted by Crippen LogP contribution is -2.12. The second-order valence-electron chi connectivity index (χ2n) is 10.5. The van der Waals surface area contributed by atoms with Crippen molar-refractivity contribution in [1.29, 1.82) is 0 Å². The van der Waals surface area contributed by atoms with E-state index >= 15 is 0 Å². The molecule has 0 aliphatic rings. The zero-order chi connectivity index (χ0) is 27.9. The molecule has 3 nitrogen and oxygen atoms in total. The van der Waals surface area contributed by atoms with Gasteiger partial charge in [-0.2, -0.15) is 0 Å². The number of benzene rings is 6. The van der Waals surface area contributed by atoms with Crippen LogP contribution in [0.5, 0.6) is 0 Å². The van der Waals surface area contributed by atoms with Crippen LogP contribution in [0.1, 0.15) is 0 Å².